The van der Waals surface area contributed by atoms with Gasteiger partial charge in [-0.05, 0) is 54.7 Å². The molecule has 1 fully saturated rings. The van der Waals surface area contributed by atoms with Gasteiger partial charge in [-0.2, -0.15) is 5.26 Å². The Balaban J connectivity index is 2.07. The average Bonchev–Trinajstić information content (AvgIpc) is 2.77. The highest BCUT2D eigenvalue weighted by Gasteiger charge is 2.22. The maximum Gasteiger partial charge on any atom is 0.0841 e. The van der Waals surface area contributed by atoms with Crippen LogP contribution >= 0.6 is 0 Å². The molecule has 1 N–H and O–H groups in total. The average molecular weight is 404 g/mol. The standard InChI is InChI=1S/C25H33N5/c1-28(2)23-17-21(20(13-14-26)19-27-22-11-7-5-8-12-22)18-24(29(3)4)25(23)30-15-9-6-10-16-30/h5,7-8,11-12,17-19,27H,6,9-10,13,15-16H2,1-4H3. The molecule has 0 spiro atoms. The van der Waals surface area contributed by atoms with Gasteiger partial charge in [0.2, 0.25) is 0 Å². The fourth-order valence-electron chi connectivity index (χ4n) is 3.94. The Morgan fingerprint density at radius 2 is 1.60 bits per heavy atom. The lowest BCUT2D eigenvalue weighted by Gasteiger charge is -2.36. The molecule has 2 aromatic carbocycles. The summed E-state index contributed by atoms with van der Waals surface area (Å²) in [6.45, 7) is 2.19. The highest BCUT2D eigenvalue weighted by molar-refractivity contribution is 5.89. The molecule has 0 unspecified atom stereocenters. The molecule has 0 atom stereocenters. The van der Waals surface area contributed by atoms with Crippen molar-refractivity contribution in [2.24, 2.45) is 0 Å². The van der Waals surface area contributed by atoms with E-state index in [0.717, 1.165) is 29.9 Å². The third kappa shape index (κ3) is 5.07. The summed E-state index contributed by atoms with van der Waals surface area (Å²) >= 11 is 0. The van der Waals surface area contributed by atoms with Crippen molar-refractivity contribution >= 4 is 28.3 Å². The van der Waals surface area contributed by atoms with Crippen LogP contribution in [0.3, 0.4) is 0 Å². The minimum Gasteiger partial charge on any atom is -0.376 e. The molecule has 1 aliphatic heterocycles. The Morgan fingerprint density at radius 1 is 1.00 bits per heavy atom. The number of hydrogen-bond donors (Lipinski definition) is 1. The van der Waals surface area contributed by atoms with Gasteiger partial charge in [0.1, 0.15) is 0 Å². The Labute approximate surface area is 181 Å². The molecule has 158 valence electrons. The molecular formula is C25H33N5. The molecule has 30 heavy (non-hydrogen) atoms. The van der Waals surface area contributed by atoms with Crippen LogP contribution in [0.1, 0.15) is 31.2 Å². The van der Waals surface area contributed by atoms with Crippen LogP contribution in [0.15, 0.2) is 48.7 Å². The molecule has 0 aliphatic carbocycles. The first-order valence-corrected chi connectivity index (χ1v) is 10.7. The minimum absolute atomic E-state index is 0.350. The van der Waals surface area contributed by atoms with E-state index in [9.17, 15) is 5.26 Å². The molecule has 0 radical (unpaired) electrons. The number of nitriles is 1. The van der Waals surface area contributed by atoms with Crippen LogP contribution in [0.4, 0.5) is 22.7 Å². The molecule has 0 bridgehead atoms. The van der Waals surface area contributed by atoms with E-state index in [1.54, 1.807) is 0 Å². The SMILES string of the molecule is CN(C)c1cc(C(=CNc2ccccc2)CC#N)cc(N(C)C)c1N1CCCCC1. The zero-order valence-electron chi connectivity index (χ0n) is 18.7. The Kier molecular flexibility index (Phi) is 7.24. The molecule has 0 amide bonds. The van der Waals surface area contributed by atoms with Gasteiger partial charge < -0.3 is 20.0 Å². The summed E-state index contributed by atoms with van der Waals surface area (Å²) in [5, 5.41) is 12.8. The largest absolute Gasteiger partial charge is 0.376 e. The first-order valence-electron chi connectivity index (χ1n) is 10.7. The first-order chi connectivity index (χ1) is 14.5. The molecule has 1 heterocycles. The summed E-state index contributed by atoms with van der Waals surface area (Å²) in [4.78, 5) is 6.90. The lowest BCUT2D eigenvalue weighted by atomic mass is 9.99. The second-order valence-electron chi connectivity index (χ2n) is 8.21. The van der Waals surface area contributed by atoms with Crippen molar-refractivity contribution in [3.63, 3.8) is 0 Å². The summed E-state index contributed by atoms with van der Waals surface area (Å²) in [5.41, 5.74) is 6.76. The molecule has 5 nitrogen and oxygen atoms in total. The molecule has 3 rings (SSSR count). The number of rotatable bonds is 7. The molecule has 1 aliphatic rings. The fourth-order valence-corrected chi connectivity index (χ4v) is 3.94. The lowest BCUT2D eigenvalue weighted by Crippen LogP contribution is -2.32. The molecule has 1 saturated heterocycles. The van der Waals surface area contributed by atoms with E-state index in [2.05, 4.69) is 66.4 Å². The predicted octanol–water partition coefficient (Wildman–Crippen LogP) is 5.18. The second-order valence-corrected chi connectivity index (χ2v) is 8.21. The van der Waals surface area contributed by atoms with Crippen molar-refractivity contribution in [3.05, 3.63) is 54.2 Å². The topological polar surface area (TPSA) is 45.5 Å². The third-order valence-corrected chi connectivity index (χ3v) is 5.53. The second kappa shape index (κ2) is 10.1. The normalized spacial score (nSPS) is 14.2. The summed E-state index contributed by atoms with van der Waals surface area (Å²) in [6, 6.07) is 16.8. The van der Waals surface area contributed by atoms with Gasteiger partial charge in [0.15, 0.2) is 0 Å². The predicted molar refractivity (Wildman–Crippen MR) is 129 cm³/mol. The molecule has 0 aromatic heterocycles. The van der Waals surface area contributed by atoms with Gasteiger partial charge >= 0.3 is 0 Å². The van der Waals surface area contributed by atoms with Crippen molar-refractivity contribution in [1.29, 1.82) is 5.26 Å². The third-order valence-electron chi connectivity index (χ3n) is 5.53. The van der Waals surface area contributed by atoms with Gasteiger partial charge in [0.25, 0.3) is 0 Å². The molecule has 5 heteroatoms. The fraction of sp³-hybridized carbons (Fsp3) is 0.400. The van der Waals surface area contributed by atoms with Crippen molar-refractivity contribution in [2.75, 3.05) is 61.3 Å². The summed E-state index contributed by atoms with van der Waals surface area (Å²) < 4.78 is 0. The Morgan fingerprint density at radius 3 is 2.13 bits per heavy atom. The van der Waals surface area contributed by atoms with Crippen LogP contribution < -0.4 is 20.0 Å². The van der Waals surface area contributed by atoms with Gasteiger partial charge in [0.05, 0.1) is 29.6 Å². The van der Waals surface area contributed by atoms with Crippen LogP contribution in [-0.4, -0.2) is 41.3 Å². The number of allylic oxidation sites excluding steroid dienone is 1. The zero-order chi connectivity index (χ0) is 21.5. The van der Waals surface area contributed by atoms with E-state index in [1.807, 2.05) is 36.5 Å². The van der Waals surface area contributed by atoms with E-state index in [-0.39, 0.29) is 0 Å². The van der Waals surface area contributed by atoms with E-state index in [1.165, 1.54) is 36.3 Å². The van der Waals surface area contributed by atoms with Gasteiger partial charge in [-0.15, -0.1) is 0 Å². The van der Waals surface area contributed by atoms with Crippen LogP contribution in [0.2, 0.25) is 0 Å². The summed E-state index contributed by atoms with van der Waals surface area (Å²) in [7, 11) is 8.40. The van der Waals surface area contributed by atoms with E-state index in [4.69, 9.17) is 0 Å². The van der Waals surface area contributed by atoms with E-state index < -0.39 is 0 Å². The molecule has 0 saturated carbocycles. The molecular weight excluding hydrogens is 370 g/mol. The molecule has 2 aromatic rings. The van der Waals surface area contributed by atoms with Gasteiger partial charge in [-0.1, -0.05) is 18.2 Å². The zero-order valence-corrected chi connectivity index (χ0v) is 18.7. The number of nitrogens with one attached hydrogen (secondary N) is 1. The highest BCUT2D eigenvalue weighted by Crippen LogP contribution is 2.42. The van der Waals surface area contributed by atoms with Crippen LogP contribution in [0, 0.1) is 11.3 Å². The van der Waals surface area contributed by atoms with Gasteiger partial charge in [0, 0.05) is 53.2 Å². The van der Waals surface area contributed by atoms with Crippen LogP contribution in [0.25, 0.3) is 5.57 Å². The first kappa shape index (κ1) is 21.6. The monoisotopic (exact) mass is 403 g/mol. The Bertz CT molecular complexity index is 874. The van der Waals surface area contributed by atoms with Crippen LogP contribution in [0.5, 0.6) is 0 Å². The highest BCUT2D eigenvalue weighted by atomic mass is 15.2. The number of piperidine rings is 1. The number of hydrogen-bond acceptors (Lipinski definition) is 5. The van der Waals surface area contributed by atoms with Gasteiger partial charge in [-0.3, -0.25) is 0 Å². The Hall–Kier alpha value is -3.13. The van der Waals surface area contributed by atoms with Gasteiger partial charge in [-0.25, -0.2) is 0 Å². The van der Waals surface area contributed by atoms with E-state index in [0.29, 0.717) is 6.42 Å². The number of benzene rings is 2. The maximum absolute atomic E-state index is 9.46. The smallest absolute Gasteiger partial charge is 0.0841 e. The van der Waals surface area contributed by atoms with Crippen LogP contribution in [-0.2, 0) is 0 Å². The quantitative estimate of drug-likeness (QED) is 0.690. The maximum atomic E-state index is 9.46. The lowest BCUT2D eigenvalue weighted by molar-refractivity contribution is 0.578. The van der Waals surface area contributed by atoms with E-state index >= 15 is 0 Å². The summed E-state index contributed by atoms with van der Waals surface area (Å²) in [6.07, 6.45) is 6.10. The van der Waals surface area contributed by atoms with Crippen molar-refractivity contribution in [1.82, 2.24) is 0 Å². The number of nitrogens with zero attached hydrogens (tertiary/aromatic N) is 4. The van der Waals surface area contributed by atoms with Crippen molar-refractivity contribution < 1.29 is 0 Å². The van der Waals surface area contributed by atoms with Crippen molar-refractivity contribution in [3.8, 4) is 6.07 Å². The van der Waals surface area contributed by atoms with Crippen molar-refractivity contribution in [2.45, 2.75) is 25.7 Å². The number of para-hydroxylation sites is 1. The summed E-state index contributed by atoms with van der Waals surface area (Å²) in [5.74, 6) is 0. The minimum atomic E-state index is 0.350. The number of anilines is 4.